The SMILES string of the molecule is Cl.[2H]C([2H])=C([2H])C([2H])([2H])N1C[C@]23c4c5ccc(O)c4O[C@H]2[C@@H](O)C=C[C@H]3[C@H]1C5. The number of hydrogen-bond donors (Lipinski definition) is 2. The predicted molar refractivity (Wildman–Crippen MR) is 89.3 cm³/mol. The van der Waals surface area contributed by atoms with Crippen LogP contribution in [0.2, 0.25) is 0 Å². The molecule has 2 bridgehead atoms. The lowest BCUT2D eigenvalue weighted by molar-refractivity contribution is 0.0159. The second-order valence-corrected chi connectivity index (χ2v) is 6.56. The molecule has 23 heavy (non-hydrogen) atoms. The maximum atomic E-state index is 10.6. The fraction of sp³-hybridized carbons (Fsp3) is 0.444. The fourth-order valence-corrected chi connectivity index (χ4v) is 5.02. The molecule has 1 aromatic carbocycles. The van der Waals surface area contributed by atoms with Crippen LogP contribution in [0.3, 0.4) is 0 Å². The highest BCUT2D eigenvalue weighted by atomic mass is 35.5. The quantitative estimate of drug-likeness (QED) is 0.807. The van der Waals surface area contributed by atoms with E-state index in [0.717, 1.165) is 11.1 Å². The molecule has 2 aliphatic carbocycles. The minimum Gasteiger partial charge on any atom is -0.504 e. The van der Waals surface area contributed by atoms with Gasteiger partial charge in [0, 0.05) is 33.3 Å². The Morgan fingerprint density at radius 2 is 2.43 bits per heavy atom. The molecule has 0 aromatic heterocycles. The number of hydrogen-bond acceptors (Lipinski definition) is 4. The molecule has 0 amide bonds. The Kier molecular flexibility index (Phi) is 2.15. The van der Waals surface area contributed by atoms with Crippen LogP contribution in [0, 0.1) is 5.92 Å². The van der Waals surface area contributed by atoms with Crippen LogP contribution < -0.4 is 4.74 Å². The Hall–Kier alpha value is -1.49. The average molecular weight is 339 g/mol. The van der Waals surface area contributed by atoms with Crippen molar-refractivity contribution in [1.29, 1.82) is 0 Å². The number of phenols is 1. The van der Waals surface area contributed by atoms with Gasteiger partial charge in [0.2, 0.25) is 0 Å². The molecule has 2 heterocycles. The van der Waals surface area contributed by atoms with E-state index >= 15 is 0 Å². The molecule has 2 aliphatic heterocycles. The van der Waals surface area contributed by atoms with E-state index in [4.69, 9.17) is 11.6 Å². The van der Waals surface area contributed by atoms with Gasteiger partial charge in [-0.15, -0.1) is 18.9 Å². The first kappa shape index (κ1) is 10.4. The van der Waals surface area contributed by atoms with Crippen molar-refractivity contribution in [2.24, 2.45) is 5.92 Å². The first-order chi connectivity index (χ1) is 12.7. The van der Waals surface area contributed by atoms with Crippen molar-refractivity contribution < 1.29 is 21.8 Å². The molecule has 5 heteroatoms. The van der Waals surface area contributed by atoms with Gasteiger partial charge in [-0.3, -0.25) is 4.90 Å². The van der Waals surface area contributed by atoms with Gasteiger partial charge in [-0.25, -0.2) is 0 Å². The zero-order valence-corrected chi connectivity index (χ0v) is 13.0. The fourth-order valence-electron chi connectivity index (χ4n) is 5.02. The second-order valence-electron chi connectivity index (χ2n) is 6.56. The summed E-state index contributed by atoms with van der Waals surface area (Å²) in [6.45, 7) is -2.96. The molecule has 0 saturated carbocycles. The summed E-state index contributed by atoms with van der Waals surface area (Å²) >= 11 is 0. The number of halogens is 1. The number of benzene rings is 1. The lowest BCUT2D eigenvalue weighted by atomic mass is 9.59. The first-order valence-corrected chi connectivity index (χ1v) is 7.49. The van der Waals surface area contributed by atoms with E-state index in [-0.39, 0.29) is 36.7 Å². The van der Waals surface area contributed by atoms with Crippen LogP contribution >= 0.6 is 12.4 Å². The van der Waals surface area contributed by atoms with Gasteiger partial charge in [0.15, 0.2) is 11.5 Å². The van der Waals surface area contributed by atoms with E-state index in [1.165, 1.54) is 4.90 Å². The van der Waals surface area contributed by atoms with Gasteiger partial charge >= 0.3 is 0 Å². The number of phenolic OH excluding ortho intramolecular Hbond substituents is 1. The topological polar surface area (TPSA) is 52.9 Å². The number of nitrogens with zero attached hydrogens (tertiary/aromatic N) is 1. The monoisotopic (exact) mass is 338 g/mol. The van der Waals surface area contributed by atoms with E-state index in [1.54, 1.807) is 12.1 Å². The third-order valence-electron chi connectivity index (χ3n) is 5.74. The molecule has 0 unspecified atom stereocenters. The smallest absolute Gasteiger partial charge is 0.165 e. The second kappa shape index (κ2) is 4.76. The molecule has 122 valence electrons. The van der Waals surface area contributed by atoms with Crippen LogP contribution in [0.4, 0.5) is 0 Å². The molecule has 1 fully saturated rings. The Balaban J connectivity index is 0.00000192. The van der Waals surface area contributed by atoms with Crippen LogP contribution in [-0.4, -0.2) is 46.4 Å². The van der Waals surface area contributed by atoms with Gasteiger partial charge in [0.1, 0.15) is 12.2 Å². The molecule has 4 nitrogen and oxygen atoms in total. The Morgan fingerprint density at radius 1 is 1.57 bits per heavy atom. The first-order valence-electron chi connectivity index (χ1n) is 9.99. The van der Waals surface area contributed by atoms with Gasteiger partial charge < -0.3 is 14.9 Å². The predicted octanol–water partition coefficient (Wildman–Crippen LogP) is 1.79. The maximum absolute atomic E-state index is 10.6. The molecule has 1 aromatic rings. The largest absolute Gasteiger partial charge is 0.504 e. The van der Waals surface area contributed by atoms with Crippen molar-refractivity contribution in [3.63, 3.8) is 0 Å². The third-order valence-corrected chi connectivity index (χ3v) is 5.74. The lowest BCUT2D eigenvalue weighted by Crippen LogP contribution is -2.54. The van der Waals surface area contributed by atoms with Crippen molar-refractivity contribution in [3.8, 4) is 11.5 Å². The Bertz CT molecular complexity index is 919. The molecule has 1 spiro atoms. The summed E-state index contributed by atoms with van der Waals surface area (Å²) in [5.41, 5.74) is 1.04. The highest BCUT2D eigenvalue weighted by Gasteiger charge is 2.67. The number of aromatic hydroxyl groups is 1. The molecule has 5 atom stereocenters. The molecular weight excluding hydrogens is 314 g/mol. The normalized spacial score (nSPS) is 42.2. The van der Waals surface area contributed by atoms with Crippen LogP contribution in [0.25, 0.3) is 0 Å². The van der Waals surface area contributed by atoms with E-state index in [0.29, 0.717) is 12.2 Å². The number of aliphatic hydroxyl groups excluding tert-OH is 1. The zero-order valence-electron chi connectivity index (χ0n) is 17.2. The van der Waals surface area contributed by atoms with E-state index in [1.807, 2.05) is 12.1 Å². The lowest BCUT2D eigenvalue weighted by Gasteiger charge is -2.43. The van der Waals surface area contributed by atoms with Crippen molar-refractivity contribution in [2.45, 2.75) is 30.1 Å². The summed E-state index contributed by atoms with van der Waals surface area (Å²) in [4.78, 5) is 1.54. The number of ether oxygens (including phenoxy) is 1. The zero-order chi connectivity index (χ0) is 19.3. The van der Waals surface area contributed by atoms with Crippen molar-refractivity contribution in [3.05, 3.63) is 48.0 Å². The minimum absolute atomic E-state index is 0. The van der Waals surface area contributed by atoms with Crippen molar-refractivity contribution in [2.75, 3.05) is 13.0 Å². The van der Waals surface area contributed by atoms with E-state index in [2.05, 4.69) is 0 Å². The van der Waals surface area contributed by atoms with Gasteiger partial charge in [-0.1, -0.05) is 24.3 Å². The summed E-state index contributed by atoms with van der Waals surface area (Å²) in [5.74, 6) is 0.211. The number of likely N-dealkylation sites (tertiary alicyclic amines) is 1. The molecule has 4 aliphatic rings. The Labute approximate surface area is 148 Å². The maximum Gasteiger partial charge on any atom is 0.165 e. The number of aliphatic hydroxyl groups is 1. The molecule has 1 saturated heterocycles. The summed E-state index contributed by atoms with van der Waals surface area (Å²) in [7, 11) is 0. The van der Waals surface area contributed by atoms with Gasteiger partial charge in [0.05, 0.1) is 9.53 Å². The number of rotatable bonds is 2. The van der Waals surface area contributed by atoms with Gasteiger partial charge in [0.25, 0.3) is 0 Å². The molecule has 2 N–H and O–H groups in total. The van der Waals surface area contributed by atoms with Crippen LogP contribution in [0.1, 0.15) is 18.0 Å². The molecule has 0 radical (unpaired) electrons. The van der Waals surface area contributed by atoms with Crippen LogP contribution in [0.15, 0.2) is 36.9 Å². The van der Waals surface area contributed by atoms with E-state index in [9.17, 15) is 10.2 Å². The standard InChI is InChI=1S/C18H19NO3.ClH/c1-2-7-19-9-18-11-4-6-14(21)17(18)22-16-13(20)5-3-10(15(16)18)8-12(11)19;/h2-6,11-12,14,17,20-21H,1,7-9H2;1H/t11-,12+,14-,17-,18-;/m0./s1/i1D2,2D,7D2;. The third kappa shape index (κ3) is 1.59. The molecule has 5 rings (SSSR count). The van der Waals surface area contributed by atoms with Crippen molar-refractivity contribution in [1.82, 2.24) is 4.90 Å². The van der Waals surface area contributed by atoms with Crippen molar-refractivity contribution >= 4 is 12.4 Å². The highest BCUT2D eigenvalue weighted by Crippen LogP contribution is 2.62. The van der Waals surface area contributed by atoms with E-state index < -0.39 is 36.7 Å². The highest BCUT2D eigenvalue weighted by molar-refractivity contribution is 5.85. The summed E-state index contributed by atoms with van der Waals surface area (Å²) in [5, 5.41) is 20.9. The summed E-state index contributed by atoms with van der Waals surface area (Å²) in [6.07, 6.45) is 2.51. The van der Waals surface area contributed by atoms with Gasteiger partial charge in [-0.05, 0) is 18.1 Å². The van der Waals surface area contributed by atoms with Gasteiger partial charge in [-0.2, -0.15) is 0 Å². The summed E-state index contributed by atoms with van der Waals surface area (Å²) in [6, 6.07) is 2.39. The average Bonchev–Trinajstić information content (AvgIpc) is 3.09. The van der Waals surface area contributed by atoms with Crippen LogP contribution in [0.5, 0.6) is 11.5 Å². The minimum atomic E-state index is -2.29. The van der Waals surface area contributed by atoms with Crippen LogP contribution in [-0.2, 0) is 11.8 Å². The molecular formula is C18H20ClNO3. The Morgan fingerprint density at radius 3 is 3.26 bits per heavy atom. The summed E-state index contributed by atoms with van der Waals surface area (Å²) < 4.78 is 45.7.